The Hall–Kier alpha value is -0.930. The average Bonchev–Trinajstić information content (AvgIpc) is 2.42. The van der Waals surface area contributed by atoms with Gasteiger partial charge in [-0.15, -0.1) is 0 Å². The van der Waals surface area contributed by atoms with E-state index in [0.717, 1.165) is 10.6 Å². The number of amidine groups is 1. The molecule has 0 fully saturated rings. The lowest BCUT2D eigenvalue weighted by Crippen LogP contribution is -2.28. The summed E-state index contributed by atoms with van der Waals surface area (Å²) in [5, 5.41) is 2.29. The molecule has 5 heteroatoms. The fraction of sp³-hybridized carbons (Fsp3) is 0.222. The molecule has 0 spiro atoms. The van der Waals surface area contributed by atoms with Gasteiger partial charge in [0.2, 0.25) is 0 Å². The van der Waals surface area contributed by atoms with Crippen molar-refractivity contribution in [2.24, 2.45) is 17.8 Å². The summed E-state index contributed by atoms with van der Waals surface area (Å²) in [7, 11) is 1.89. The molecule has 0 aromatic carbocycles. The predicted octanol–water partition coefficient (Wildman–Crippen LogP) is 0.336. The summed E-state index contributed by atoms with van der Waals surface area (Å²) >= 11 is 11.4. The highest BCUT2D eigenvalue weighted by atomic mass is 35.5. The van der Waals surface area contributed by atoms with Gasteiger partial charge in [0, 0.05) is 13.2 Å². The van der Waals surface area contributed by atoms with E-state index in [1.807, 2.05) is 23.9 Å². The number of hydrogen-bond donors (Lipinski definition) is 1. The molecule has 0 saturated heterocycles. The van der Waals surface area contributed by atoms with Crippen molar-refractivity contribution in [1.82, 2.24) is 4.57 Å². The zero-order valence-electron chi connectivity index (χ0n) is 7.80. The van der Waals surface area contributed by atoms with Gasteiger partial charge in [0.15, 0.2) is 5.29 Å². The van der Waals surface area contributed by atoms with Crippen LogP contribution in [0.4, 0.5) is 0 Å². The van der Waals surface area contributed by atoms with E-state index in [1.165, 1.54) is 0 Å². The third-order valence-electron chi connectivity index (χ3n) is 1.78. The van der Waals surface area contributed by atoms with Gasteiger partial charge in [-0.05, 0) is 22.9 Å². The molecular formula is C9H11Cl2N3. The molecule has 0 aliphatic rings. The molecule has 0 aliphatic heterocycles. The Bertz CT molecular complexity index is 455. The number of aliphatic imine (C=N–C) groups is 1. The van der Waals surface area contributed by atoms with Crippen LogP contribution in [0, 0.1) is 0 Å². The number of halogens is 2. The van der Waals surface area contributed by atoms with Crippen LogP contribution in [0.1, 0.15) is 0 Å². The Balaban J connectivity index is 3.18. The number of hydrogen-bond acceptors (Lipinski definition) is 1. The minimum absolute atomic E-state index is 0.00275. The number of aromatic nitrogens is 1. The summed E-state index contributed by atoms with van der Waals surface area (Å²) in [4.78, 5) is 3.81. The average molecular weight is 232 g/mol. The molecule has 0 radical (unpaired) electrons. The lowest BCUT2D eigenvalue weighted by molar-refractivity contribution is 0.884. The van der Waals surface area contributed by atoms with Crippen molar-refractivity contribution in [1.29, 1.82) is 0 Å². The van der Waals surface area contributed by atoms with E-state index in [-0.39, 0.29) is 11.8 Å². The Kier molecular flexibility index (Phi) is 3.61. The van der Waals surface area contributed by atoms with Gasteiger partial charge in [0.05, 0.1) is 16.9 Å². The van der Waals surface area contributed by atoms with E-state index in [2.05, 4.69) is 11.6 Å². The third kappa shape index (κ3) is 2.53. The van der Waals surface area contributed by atoms with Gasteiger partial charge < -0.3 is 10.3 Å². The van der Waals surface area contributed by atoms with Gasteiger partial charge in [0.1, 0.15) is 0 Å². The summed E-state index contributed by atoms with van der Waals surface area (Å²) in [5.74, 6) is 0. The Morgan fingerprint density at radius 2 is 2.29 bits per heavy atom. The van der Waals surface area contributed by atoms with E-state index in [9.17, 15) is 0 Å². The number of aryl methyl sites for hydroxylation is 1. The summed E-state index contributed by atoms with van der Waals surface area (Å²) in [6.45, 7) is 4.13. The topological polar surface area (TPSA) is 43.3 Å². The van der Waals surface area contributed by atoms with Crippen LogP contribution >= 0.6 is 23.2 Å². The van der Waals surface area contributed by atoms with Crippen LogP contribution in [0.5, 0.6) is 0 Å². The molecule has 76 valence electrons. The van der Waals surface area contributed by atoms with Gasteiger partial charge >= 0.3 is 0 Å². The molecule has 1 rings (SSSR count). The second-order valence-corrected chi connectivity index (χ2v) is 3.69. The van der Waals surface area contributed by atoms with Crippen molar-refractivity contribution in [3.05, 3.63) is 22.8 Å². The first-order valence-corrected chi connectivity index (χ1v) is 4.72. The van der Waals surface area contributed by atoms with Crippen LogP contribution < -0.4 is 16.3 Å². The molecular weight excluding hydrogens is 221 g/mol. The largest absolute Gasteiger partial charge is 0.374 e. The Morgan fingerprint density at radius 3 is 2.71 bits per heavy atom. The maximum atomic E-state index is 6.04. The first-order chi connectivity index (χ1) is 6.52. The van der Waals surface area contributed by atoms with Gasteiger partial charge in [-0.25, -0.2) is 0 Å². The molecule has 2 N–H and O–H groups in total. The lowest BCUT2D eigenvalue weighted by Gasteiger charge is -1.96. The minimum atomic E-state index is 0.00275. The molecule has 0 aliphatic carbocycles. The zero-order chi connectivity index (χ0) is 10.7. The van der Waals surface area contributed by atoms with Crippen molar-refractivity contribution >= 4 is 40.1 Å². The third-order valence-corrected chi connectivity index (χ3v) is 2.20. The van der Waals surface area contributed by atoms with Crippen LogP contribution in [-0.2, 0) is 7.05 Å². The standard InChI is InChI=1S/C9H11Cl2N3/c1-6-3-4-14(2)8(6)7(10)5-13-9(11)12/h3-4H,1,5H2,2H3,(H2,12,13)/b8-7-. The van der Waals surface area contributed by atoms with Crippen molar-refractivity contribution in [2.45, 2.75) is 0 Å². The molecule has 0 unspecified atom stereocenters. The Morgan fingerprint density at radius 1 is 1.64 bits per heavy atom. The van der Waals surface area contributed by atoms with Crippen molar-refractivity contribution in [3.8, 4) is 0 Å². The summed E-state index contributed by atoms with van der Waals surface area (Å²) < 4.78 is 1.88. The van der Waals surface area contributed by atoms with Crippen molar-refractivity contribution in [3.63, 3.8) is 0 Å². The first-order valence-electron chi connectivity index (χ1n) is 3.96. The molecule has 3 nitrogen and oxygen atoms in total. The zero-order valence-corrected chi connectivity index (χ0v) is 9.31. The number of nitrogens with two attached hydrogens (primary N) is 1. The summed E-state index contributed by atoms with van der Waals surface area (Å²) in [6.07, 6.45) is 1.88. The molecule has 0 amide bonds. The molecule has 1 aromatic rings. The van der Waals surface area contributed by atoms with Crippen LogP contribution in [-0.4, -0.2) is 16.4 Å². The van der Waals surface area contributed by atoms with Gasteiger partial charge in [-0.3, -0.25) is 4.99 Å². The maximum absolute atomic E-state index is 6.04. The lowest BCUT2D eigenvalue weighted by atomic mass is 10.4. The quantitative estimate of drug-likeness (QED) is 0.446. The monoisotopic (exact) mass is 231 g/mol. The van der Waals surface area contributed by atoms with Crippen LogP contribution in [0.2, 0.25) is 0 Å². The van der Waals surface area contributed by atoms with E-state index < -0.39 is 0 Å². The van der Waals surface area contributed by atoms with Crippen molar-refractivity contribution < 1.29 is 0 Å². The molecule has 0 bridgehead atoms. The number of nitrogens with zero attached hydrogens (tertiary/aromatic N) is 2. The van der Waals surface area contributed by atoms with Gasteiger partial charge in [-0.1, -0.05) is 18.2 Å². The van der Waals surface area contributed by atoms with Crippen LogP contribution in [0.25, 0.3) is 11.6 Å². The predicted molar refractivity (Wildman–Crippen MR) is 61.8 cm³/mol. The highest BCUT2D eigenvalue weighted by Crippen LogP contribution is 1.99. The first kappa shape index (κ1) is 11.1. The molecule has 0 saturated carbocycles. The molecule has 14 heavy (non-hydrogen) atoms. The smallest absolute Gasteiger partial charge is 0.188 e. The minimum Gasteiger partial charge on any atom is -0.374 e. The molecule has 1 aromatic heterocycles. The van der Waals surface area contributed by atoms with Gasteiger partial charge in [-0.2, -0.15) is 0 Å². The van der Waals surface area contributed by atoms with Crippen LogP contribution in [0.15, 0.2) is 17.3 Å². The molecule has 1 heterocycles. The van der Waals surface area contributed by atoms with E-state index in [0.29, 0.717) is 5.03 Å². The molecule has 0 atom stereocenters. The highest BCUT2D eigenvalue weighted by Gasteiger charge is 1.98. The van der Waals surface area contributed by atoms with E-state index in [1.54, 1.807) is 0 Å². The van der Waals surface area contributed by atoms with Crippen molar-refractivity contribution in [2.75, 3.05) is 6.54 Å². The fourth-order valence-electron chi connectivity index (χ4n) is 1.17. The highest BCUT2D eigenvalue weighted by molar-refractivity contribution is 6.64. The Labute approximate surface area is 92.1 Å². The van der Waals surface area contributed by atoms with Gasteiger partial charge in [0.25, 0.3) is 0 Å². The van der Waals surface area contributed by atoms with E-state index in [4.69, 9.17) is 28.9 Å². The normalized spacial score (nSPS) is 14.4. The summed E-state index contributed by atoms with van der Waals surface area (Å²) in [5.41, 5.74) is 5.19. The van der Waals surface area contributed by atoms with Crippen LogP contribution in [0.3, 0.4) is 0 Å². The van der Waals surface area contributed by atoms with E-state index >= 15 is 0 Å². The number of rotatable bonds is 2. The summed E-state index contributed by atoms with van der Waals surface area (Å²) in [6, 6.07) is 1.88. The fourth-order valence-corrected chi connectivity index (χ4v) is 1.54. The maximum Gasteiger partial charge on any atom is 0.188 e. The second-order valence-electron chi connectivity index (χ2n) is 2.84. The SMILES string of the molecule is C=c1ccn(C)/c1=C(\Cl)CN=C(N)Cl. The second kappa shape index (κ2) is 4.53.